The predicted molar refractivity (Wildman–Crippen MR) is 66.9 cm³/mol. The molecule has 0 saturated heterocycles. The first-order valence-electron chi connectivity index (χ1n) is 5.92. The Kier molecular flexibility index (Phi) is 4.81. The minimum absolute atomic E-state index is 0.196. The van der Waals surface area contributed by atoms with Gasteiger partial charge >= 0.3 is 0 Å². The van der Waals surface area contributed by atoms with Crippen LogP contribution in [-0.2, 0) is 0 Å². The van der Waals surface area contributed by atoms with Crippen molar-refractivity contribution in [2.75, 3.05) is 6.61 Å². The van der Waals surface area contributed by atoms with Gasteiger partial charge in [-0.2, -0.15) is 0 Å². The molecule has 2 heteroatoms. The number of rotatable bonds is 5. The fourth-order valence-corrected chi connectivity index (χ4v) is 1.77. The van der Waals surface area contributed by atoms with E-state index in [1.165, 1.54) is 5.56 Å². The van der Waals surface area contributed by atoms with Crippen molar-refractivity contribution in [3.63, 3.8) is 0 Å². The van der Waals surface area contributed by atoms with E-state index >= 15 is 0 Å². The first kappa shape index (κ1) is 13.0. The van der Waals surface area contributed by atoms with Gasteiger partial charge in [-0.3, -0.25) is 0 Å². The lowest BCUT2D eigenvalue weighted by atomic mass is 9.89. The van der Waals surface area contributed by atoms with E-state index in [0.29, 0.717) is 5.92 Å². The van der Waals surface area contributed by atoms with Crippen LogP contribution in [0.25, 0.3) is 0 Å². The standard InChI is InChI=1S/C14H22O2/c1-10(2)14(9-15)12-5-7-13(8-6-12)16-11(3)4/h5-8,10-11,14-15H,9H2,1-4H3. The minimum atomic E-state index is 0.196. The van der Waals surface area contributed by atoms with Crippen molar-refractivity contribution in [2.45, 2.75) is 39.7 Å². The number of hydrogen-bond acceptors (Lipinski definition) is 2. The molecule has 0 aromatic heterocycles. The van der Waals surface area contributed by atoms with E-state index in [-0.39, 0.29) is 18.6 Å². The zero-order valence-electron chi connectivity index (χ0n) is 10.6. The van der Waals surface area contributed by atoms with Gasteiger partial charge in [0, 0.05) is 5.92 Å². The lowest BCUT2D eigenvalue weighted by Crippen LogP contribution is -2.11. The highest BCUT2D eigenvalue weighted by molar-refractivity contribution is 5.29. The molecule has 1 rings (SSSR count). The van der Waals surface area contributed by atoms with Crippen LogP contribution in [0, 0.1) is 5.92 Å². The van der Waals surface area contributed by atoms with Gasteiger partial charge in [0.25, 0.3) is 0 Å². The minimum Gasteiger partial charge on any atom is -0.491 e. The second-order valence-electron chi connectivity index (χ2n) is 4.77. The van der Waals surface area contributed by atoms with E-state index in [1.807, 2.05) is 38.1 Å². The smallest absolute Gasteiger partial charge is 0.119 e. The van der Waals surface area contributed by atoms with Crippen molar-refractivity contribution in [3.05, 3.63) is 29.8 Å². The first-order chi connectivity index (χ1) is 7.54. The van der Waals surface area contributed by atoms with Crippen LogP contribution in [0.15, 0.2) is 24.3 Å². The summed E-state index contributed by atoms with van der Waals surface area (Å²) in [6.45, 7) is 8.47. The Hall–Kier alpha value is -1.02. The number of aliphatic hydroxyl groups is 1. The van der Waals surface area contributed by atoms with Crippen molar-refractivity contribution in [1.29, 1.82) is 0 Å². The van der Waals surface area contributed by atoms with Crippen molar-refractivity contribution < 1.29 is 9.84 Å². The van der Waals surface area contributed by atoms with Crippen molar-refractivity contribution >= 4 is 0 Å². The van der Waals surface area contributed by atoms with Gasteiger partial charge in [-0.15, -0.1) is 0 Å². The summed E-state index contributed by atoms with van der Waals surface area (Å²) < 4.78 is 5.58. The summed E-state index contributed by atoms with van der Waals surface area (Å²) in [5.41, 5.74) is 1.17. The average molecular weight is 222 g/mol. The monoisotopic (exact) mass is 222 g/mol. The van der Waals surface area contributed by atoms with E-state index in [9.17, 15) is 5.11 Å². The summed E-state index contributed by atoms with van der Waals surface area (Å²) in [5.74, 6) is 1.55. The van der Waals surface area contributed by atoms with Gasteiger partial charge in [-0.05, 0) is 37.5 Å². The lowest BCUT2D eigenvalue weighted by molar-refractivity contribution is 0.235. The molecular formula is C14H22O2. The largest absolute Gasteiger partial charge is 0.491 e. The lowest BCUT2D eigenvalue weighted by Gasteiger charge is -2.19. The molecule has 1 aromatic carbocycles. The number of aliphatic hydroxyl groups excluding tert-OH is 1. The van der Waals surface area contributed by atoms with E-state index in [4.69, 9.17) is 4.74 Å². The Morgan fingerprint density at radius 2 is 1.62 bits per heavy atom. The van der Waals surface area contributed by atoms with Gasteiger partial charge in [-0.25, -0.2) is 0 Å². The molecule has 2 nitrogen and oxygen atoms in total. The molecule has 0 heterocycles. The molecule has 0 aliphatic heterocycles. The van der Waals surface area contributed by atoms with Crippen LogP contribution < -0.4 is 4.74 Å². The third-order valence-electron chi connectivity index (χ3n) is 2.68. The first-order valence-corrected chi connectivity index (χ1v) is 5.92. The number of benzene rings is 1. The topological polar surface area (TPSA) is 29.5 Å². The summed E-state index contributed by atoms with van der Waals surface area (Å²) >= 11 is 0. The van der Waals surface area contributed by atoms with Crippen molar-refractivity contribution in [3.8, 4) is 5.75 Å². The normalized spacial score (nSPS) is 13.2. The van der Waals surface area contributed by atoms with Crippen LogP contribution in [-0.4, -0.2) is 17.8 Å². The van der Waals surface area contributed by atoms with Crippen molar-refractivity contribution in [1.82, 2.24) is 0 Å². The molecule has 0 bridgehead atoms. The molecule has 1 unspecified atom stereocenters. The Morgan fingerprint density at radius 3 is 2.00 bits per heavy atom. The molecule has 1 N–H and O–H groups in total. The van der Waals surface area contributed by atoms with E-state index < -0.39 is 0 Å². The Bertz CT molecular complexity index is 301. The van der Waals surface area contributed by atoms with Crippen molar-refractivity contribution in [2.24, 2.45) is 5.92 Å². The van der Waals surface area contributed by atoms with Gasteiger partial charge in [-0.1, -0.05) is 26.0 Å². The summed E-state index contributed by atoms with van der Waals surface area (Å²) in [4.78, 5) is 0. The fourth-order valence-electron chi connectivity index (χ4n) is 1.77. The van der Waals surface area contributed by atoms with Crippen LogP contribution in [0.2, 0.25) is 0 Å². The van der Waals surface area contributed by atoms with E-state index in [0.717, 1.165) is 5.75 Å². The molecule has 0 radical (unpaired) electrons. The molecule has 0 aliphatic rings. The van der Waals surface area contributed by atoms with Crippen LogP contribution in [0.4, 0.5) is 0 Å². The Balaban J connectivity index is 2.77. The van der Waals surface area contributed by atoms with Crippen LogP contribution in [0.1, 0.15) is 39.2 Å². The number of hydrogen-bond donors (Lipinski definition) is 1. The highest BCUT2D eigenvalue weighted by atomic mass is 16.5. The summed E-state index contributed by atoms with van der Waals surface area (Å²) in [6, 6.07) is 8.03. The third-order valence-corrected chi connectivity index (χ3v) is 2.68. The van der Waals surface area contributed by atoms with Gasteiger partial charge in [0.1, 0.15) is 5.75 Å². The van der Waals surface area contributed by atoms with Crippen LogP contribution >= 0.6 is 0 Å². The molecule has 0 amide bonds. The van der Waals surface area contributed by atoms with Crippen LogP contribution in [0.3, 0.4) is 0 Å². The molecule has 1 aromatic rings. The highest BCUT2D eigenvalue weighted by Crippen LogP contribution is 2.25. The maximum Gasteiger partial charge on any atom is 0.119 e. The molecule has 1 atom stereocenters. The maximum absolute atomic E-state index is 9.33. The van der Waals surface area contributed by atoms with Crippen LogP contribution in [0.5, 0.6) is 5.75 Å². The highest BCUT2D eigenvalue weighted by Gasteiger charge is 2.14. The molecule has 0 aliphatic carbocycles. The van der Waals surface area contributed by atoms with Gasteiger partial charge in [0.2, 0.25) is 0 Å². The second kappa shape index (κ2) is 5.90. The molecule has 90 valence electrons. The van der Waals surface area contributed by atoms with E-state index in [2.05, 4.69) is 13.8 Å². The van der Waals surface area contributed by atoms with Gasteiger partial charge < -0.3 is 9.84 Å². The maximum atomic E-state index is 9.33. The number of ether oxygens (including phenoxy) is 1. The Labute approximate surface area is 98.3 Å². The molecule has 0 fully saturated rings. The molecule has 0 saturated carbocycles. The van der Waals surface area contributed by atoms with Gasteiger partial charge in [0.15, 0.2) is 0 Å². The molecule has 16 heavy (non-hydrogen) atoms. The fraction of sp³-hybridized carbons (Fsp3) is 0.571. The second-order valence-corrected chi connectivity index (χ2v) is 4.77. The zero-order valence-corrected chi connectivity index (χ0v) is 10.6. The summed E-state index contributed by atoms with van der Waals surface area (Å²) in [6.07, 6.45) is 0.199. The predicted octanol–water partition coefficient (Wildman–Crippen LogP) is 3.21. The van der Waals surface area contributed by atoms with Gasteiger partial charge in [0.05, 0.1) is 12.7 Å². The third kappa shape index (κ3) is 3.53. The SMILES string of the molecule is CC(C)Oc1ccc(C(CO)C(C)C)cc1. The zero-order chi connectivity index (χ0) is 12.1. The summed E-state index contributed by atoms with van der Waals surface area (Å²) in [5, 5.41) is 9.33. The molecule has 0 spiro atoms. The molecular weight excluding hydrogens is 200 g/mol. The quantitative estimate of drug-likeness (QED) is 0.829. The Morgan fingerprint density at radius 1 is 1.06 bits per heavy atom. The average Bonchev–Trinajstić information content (AvgIpc) is 2.20. The summed E-state index contributed by atoms with van der Waals surface area (Å²) in [7, 11) is 0. The van der Waals surface area contributed by atoms with E-state index in [1.54, 1.807) is 0 Å².